The zero-order valence-electron chi connectivity index (χ0n) is 18.2. The lowest BCUT2D eigenvalue weighted by Crippen LogP contribution is -2.40. The Morgan fingerprint density at radius 2 is 1.91 bits per heavy atom. The van der Waals surface area contributed by atoms with Crippen LogP contribution in [0.1, 0.15) is 47.1 Å². The number of carbonyl (C=O) groups excluding carboxylic acids is 2. The Bertz CT molecular complexity index is 1080. The van der Waals surface area contributed by atoms with Gasteiger partial charge < -0.3 is 15.0 Å². The van der Waals surface area contributed by atoms with Crippen molar-refractivity contribution in [3.63, 3.8) is 0 Å². The van der Waals surface area contributed by atoms with E-state index in [9.17, 15) is 9.59 Å². The molecule has 1 unspecified atom stereocenters. The summed E-state index contributed by atoms with van der Waals surface area (Å²) in [7, 11) is 0. The highest BCUT2D eigenvalue weighted by Crippen LogP contribution is 2.33. The van der Waals surface area contributed by atoms with Crippen molar-refractivity contribution in [2.24, 2.45) is 0 Å². The van der Waals surface area contributed by atoms with Gasteiger partial charge in [0.15, 0.2) is 0 Å². The van der Waals surface area contributed by atoms with Crippen LogP contribution < -0.4 is 10.1 Å². The second-order valence-corrected chi connectivity index (χ2v) is 7.95. The first kappa shape index (κ1) is 21.5. The fourth-order valence-corrected chi connectivity index (χ4v) is 3.78. The summed E-state index contributed by atoms with van der Waals surface area (Å²) in [5.41, 5.74) is 3.04. The van der Waals surface area contributed by atoms with E-state index in [0.717, 1.165) is 16.8 Å². The molecule has 0 radical (unpaired) electrons. The van der Waals surface area contributed by atoms with Crippen molar-refractivity contribution in [3.05, 3.63) is 89.4 Å². The number of fused-ring (bicyclic) bond motifs is 1. The Balaban J connectivity index is 1.47. The largest absolute Gasteiger partial charge is 0.475 e. The maximum absolute atomic E-state index is 13.2. The lowest BCUT2D eigenvalue weighted by molar-refractivity contribution is -0.125. The van der Waals surface area contributed by atoms with Crippen molar-refractivity contribution in [1.82, 2.24) is 20.2 Å². The van der Waals surface area contributed by atoms with E-state index in [4.69, 9.17) is 4.74 Å². The number of aromatic nitrogens is 2. The average molecular weight is 431 g/mol. The Hall–Kier alpha value is -3.74. The quantitative estimate of drug-likeness (QED) is 0.593. The normalized spacial score (nSPS) is 15.0. The molecule has 0 saturated carbocycles. The lowest BCUT2D eigenvalue weighted by Gasteiger charge is -2.24. The fraction of sp³-hybridized carbons (Fsp3) is 0.280. The molecule has 1 aliphatic heterocycles. The molecule has 1 aliphatic rings. The van der Waals surface area contributed by atoms with Crippen molar-refractivity contribution in [2.75, 3.05) is 6.54 Å². The first-order valence-corrected chi connectivity index (χ1v) is 10.7. The molecule has 0 aliphatic carbocycles. The van der Waals surface area contributed by atoms with E-state index in [2.05, 4.69) is 15.3 Å². The van der Waals surface area contributed by atoms with Gasteiger partial charge in [-0.2, -0.15) is 0 Å². The Morgan fingerprint density at radius 3 is 2.62 bits per heavy atom. The van der Waals surface area contributed by atoms with Gasteiger partial charge in [-0.25, -0.2) is 4.98 Å². The minimum absolute atomic E-state index is 0.0464. The number of carbonyl (C=O) groups is 2. The minimum atomic E-state index is -0.668. The highest BCUT2D eigenvalue weighted by Gasteiger charge is 2.40. The van der Waals surface area contributed by atoms with Crippen LogP contribution in [0, 0.1) is 0 Å². The third kappa shape index (κ3) is 4.77. The molecular weight excluding hydrogens is 404 g/mol. The van der Waals surface area contributed by atoms with E-state index in [-0.39, 0.29) is 17.9 Å². The van der Waals surface area contributed by atoms with Crippen molar-refractivity contribution in [1.29, 1.82) is 0 Å². The summed E-state index contributed by atoms with van der Waals surface area (Å²) in [5, 5.41) is 2.96. The molecule has 3 aromatic rings. The maximum Gasteiger partial charge on any atom is 0.255 e. The summed E-state index contributed by atoms with van der Waals surface area (Å²) >= 11 is 0. The summed E-state index contributed by atoms with van der Waals surface area (Å²) in [6.07, 6.45) is 4.03. The molecule has 2 aromatic heterocycles. The molecule has 3 heterocycles. The topological polar surface area (TPSA) is 84.4 Å². The zero-order chi connectivity index (χ0) is 22.5. The van der Waals surface area contributed by atoms with Gasteiger partial charge in [0, 0.05) is 49.2 Å². The number of amides is 2. The van der Waals surface area contributed by atoms with E-state index in [1.807, 2.05) is 56.3 Å². The SMILES string of the molecule is CC(C)Oc1ccc(CNC(=O)C2c3ccccc3C(=O)N2CCc2ccccn2)cn1. The molecule has 32 heavy (non-hydrogen) atoms. The molecule has 1 atom stereocenters. The molecule has 0 bridgehead atoms. The van der Waals surface area contributed by atoms with Gasteiger partial charge in [0.1, 0.15) is 6.04 Å². The van der Waals surface area contributed by atoms with E-state index in [0.29, 0.717) is 31.0 Å². The van der Waals surface area contributed by atoms with Gasteiger partial charge in [0.2, 0.25) is 11.8 Å². The summed E-state index contributed by atoms with van der Waals surface area (Å²) in [6, 6.07) is 16.0. The van der Waals surface area contributed by atoms with Gasteiger partial charge in [-0.3, -0.25) is 14.6 Å². The number of rotatable bonds is 8. The highest BCUT2D eigenvalue weighted by atomic mass is 16.5. The van der Waals surface area contributed by atoms with Crippen LogP contribution in [0.4, 0.5) is 0 Å². The Morgan fingerprint density at radius 1 is 1.09 bits per heavy atom. The number of hydrogen-bond acceptors (Lipinski definition) is 5. The highest BCUT2D eigenvalue weighted by molar-refractivity contribution is 6.04. The van der Waals surface area contributed by atoms with Crippen molar-refractivity contribution in [2.45, 2.75) is 39.0 Å². The van der Waals surface area contributed by atoms with Crippen LogP contribution in [0.25, 0.3) is 0 Å². The van der Waals surface area contributed by atoms with Crippen LogP contribution in [0.5, 0.6) is 5.88 Å². The molecular formula is C25H26N4O3. The van der Waals surface area contributed by atoms with E-state index in [1.165, 1.54) is 0 Å². The standard InChI is InChI=1S/C25H26N4O3/c1-17(2)32-22-11-10-18(15-27-22)16-28-24(30)23-20-8-3-4-9-21(20)25(31)29(23)14-12-19-7-5-6-13-26-19/h3-11,13,15,17,23H,12,14,16H2,1-2H3,(H,28,30). The van der Waals surface area contributed by atoms with Crippen LogP contribution >= 0.6 is 0 Å². The average Bonchev–Trinajstić information content (AvgIpc) is 3.09. The second-order valence-electron chi connectivity index (χ2n) is 7.95. The van der Waals surface area contributed by atoms with Crippen molar-refractivity contribution in [3.8, 4) is 5.88 Å². The molecule has 0 saturated heterocycles. The third-order valence-electron chi connectivity index (χ3n) is 5.26. The zero-order valence-corrected chi connectivity index (χ0v) is 18.2. The predicted octanol–water partition coefficient (Wildman–Crippen LogP) is 3.32. The van der Waals surface area contributed by atoms with Crippen LogP contribution in [-0.4, -0.2) is 39.3 Å². The van der Waals surface area contributed by atoms with E-state index >= 15 is 0 Å². The second kappa shape index (κ2) is 9.60. The molecule has 164 valence electrons. The molecule has 0 fully saturated rings. The van der Waals surface area contributed by atoms with Gasteiger partial charge in [-0.1, -0.05) is 30.3 Å². The van der Waals surface area contributed by atoms with Gasteiger partial charge in [-0.15, -0.1) is 0 Å². The number of nitrogens with zero attached hydrogens (tertiary/aromatic N) is 3. The van der Waals surface area contributed by atoms with Gasteiger partial charge in [0.25, 0.3) is 5.91 Å². The number of nitrogens with one attached hydrogen (secondary N) is 1. The summed E-state index contributed by atoms with van der Waals surface area (Å²) < 4.78 is 5.56. The maximum atomic E-state index is 13.2. The monoisotopic (exact) mass is 430 g/mol. The molecule has 4 rings (SSSR count). The Kier molecular flexibility index (Phi) is 6.44. The smallest absolute Gasteiger partial charge is 0.255 e. The van der Waals surface area contributed by atoms with Crippen molar-refractivity contribution >= 4 is 11.8 Å². The fourth-order valence-electron chi connectivity index (χ4n) is 3.78. The van der Waals surface area contributed by atoms with Crippen LogP contribution in [-0.2, 0) is 17.8 Å². The molecule has 1 aromatic carbocycles. The van der Waals surface area contributed by atoms with Crippen LogP contribution in [0.2, 0.25) is 0 Å². The van der Waals surface area contributed by atoms with E-state index in [1.54, 1.807) is 29.4 Å². The third-order valence-corrected chi connectivity index (χ3v) is 5.26. The number of ether oxygens (including phenoxy) is 1. The predicted molar refractivity (Wildman–Crippen MR) is 120 cm³/mol. The first-order valence-electron chi connectivity index (χ1n) is 10.7. The molecule has 7 nitrogen and oxygen atoms in total. The van der Waals surface area contributed by atoms with E-state index < -0.39 is 6.04 Å². The molecule has 2 amide bonds. The molecule has 1 N–H and O–H groups in total. The number of hydrogen-bond donors (Lipinski definition) is 1. The van der Waals surface area contributed by atoms with Gasteiger partial charge in [0.05, 0.1) is 6.10 Å². The first-order chi connectivity index (χ1) is 15.5. The lowest BCUT2D eigenvalue weighted by atomic mass is 10.0. The number of benzene rings is 1. The summed E-state index contributed by atoms with van der Waals surface area (Å²) in [6.45, 7) is 4.60. The Labute approximate surface area is 187 Å². The van der Waals surface area contributed by atoms with Crippen molar-refractivity contribution < 1.29 is 14.3 Å². The number of pyridine rings is 2. The van der Waals surface area contributed by atoms with Crippen LogP contribution in [0.15, 0.2) is 67.0 Å². The minimum Gasteiger partial charge on any atom is -0.475 e. The van der Waals surface area contributed by atoms with Gasteiger partial charge in [-0.05, 0) is 43.2 Å². The molecule has 0 spiro atoms. The molecule has 7 heteroatoms. The van der Waals surface area contributed by atoms with Gasteiger partial charge >= 0.3 is 0 Å². The summed E-state index contributed by atoms with van der Waals surface area (Å²) in [5.74, 6) is 0.200. The van der Waals surface area contributed by atoms with Crippen LogP contribution in [0.3, 0.4) is 0 Å². The summed E-state index contributed by atoms with van der Waals surface area (Å²) in [4.78, 5) is 36.5.